The standard InChI is InChI=1S/C13H10N4O2/c1-8(18)11-3-2-9(5-14)4-12(11)17-7-10(6-16-17)13(15)19/h2-4,6-7H,1H3,(H2,15,19). The molecule has 0 bridgehead atoms. The number of ketones is 1. The molecule has 0 unspecified atom stereocenters. The van der Waals surface area contributed by atoms with Gasteiger partial charge in [-0.1, -0.05) is 0 Å². The van der Waals surface area contributed by atoms with Gasteiger partial charge in [-0.2, -0.15) is 10.4 Å². The van der Waals surface area contributed by atoms with E-state index < -0.39 is 5.91 Å². The Balaban J connectivity index is 2.61. The van der Waals surface area contributed by atoms with E-state index in [2.05, 4.69) is 5.10 Å². The van der Waals surface area contributed by atoms with Gasteiger partial charge in [0.2, 0.25) is 0 Å². The lowest BCUT2D eigenvalue weighted by Crippen LogP contribution is -2.10. The number of benzene rings is 1. The van der Waals surface area contributed by atoms with E-state index in [1.54, 1.807) is 12.1 Å². The number of hydrogen-bond donors (Lipinski definition) is 1. The molecule has 0 aliphatic heterocycles. The lowest BCUT2D eigenvalue weighted by atomic mass is 10.1. The van der Waals surface area contributed by atoms with Gasteiger partial charge in [-0.05, 0) is 25.1 Å². The Morgan fingerprint density at radius 3 is 2.68 bits per heavy atom. The molecule has 0 atom stereocenters. The number of nitrogens with zero attached hydrogens (tertiary/aromatic N) is 3. The van der Waals surface area contributed by atoms with Crippen LogP contribution in [0, 0.1) is 11.3 Å². The number of carbonyl (C=O) groups excluding carboxylic acids is 2. The Morgan fingerprint density at radius 2 is 2.16 bits per heavy atom. The molecule has 2 rings (SSSR count). The molecule has 0 saturated heterocycles. The van der Waals surface area contributed by atoms with E-state index in [0.717, 1.165) is 0 Å². The number of rotatable bonds is 3. The summed E-state index contributed by atoms with van der Waals surface area (Å²) in [5, 5.41) is 12.9. The molecule has 94 valence electrons. The minimum Gasteiger partial charge on any atom is -0.366 e. The third kappa shape index (κ3) is 2.35. The van der Waals surface area contributed by atoms with Crippen molar-refractivity contribution in [3.05, 3.63) is 47.3 Å². The summed E-state index contributed by atoms with van der Waals surface area (Å²) in [6.07, 6.45) is 2.73. The summed E-state index contributed by atoms with van der Waals surface area (Å²) in [7, 11) is 0. The molecule has 0 saturated carbocycles. The Kier molecular flexibility index (Phi) is 3.12. The van der Waals surface area contributed by atoms with Gasteiger partial charge >= 0.3 is 0 Å². The maximum Gasteiger partial charge on any atom is 0.251 e. The minimum atomic E-state index is -0.605. The summed E-state index contributed by atoms with van der Waals surface area (Å²) in [4.78, 5) is 22.6. The van der Waals surface area contributed by atoms with Crippen molar-refractivity contribution >= 4 is 11.7 Å². The van der Waals surface area contributed by atoms with E-state index in [1.807, 2.05) is 6.07 Å². The molecule has 0 fully saturated rings. The summed E-state index contributed by atoms with van der Waals surface area (Å²) in [5.41, 5.74) is 6.64. The van der Waals surface area contributed by atoms with E-state index in [1.165, 1.54) is 30.1 Å². The van der Waals surface area contributed by atoms with Crippen LogP contribution in [0.1, 0.15) is 33.2 Å². The lowest BCUT2D eigenvalue weighted by Gasteiger charge is -2.07. The highest BCUT2D eigenvalue weighted by Gasteiger charge is 2.12. The average molecular weight is 254 g/mol. The van der Waals surface area contributed by atoms with Crippen molar-refractivity contribution < 1.29 is 9.59 Å². The van der Waals surface area contributed by atoms with Gasteiger partial charge in [-0.15, -0.1) is 0 Å². The number of Topliss-reactive ketones (excluding diaryl/α,β-unsaturated/α-hetero) is 1. The zero-order valence-electron chi connectivity index (χ0n) is 10.1. The van der Waals surface area contributed by atoms with Crippen LogP contribution in [0.5, 0.6) is 0 Å². The van der Waals surface area contributed by atoms with Crippen LogP contribution in [0.25, 0.3) is 5.69 Å². The van der Waals surface area contributed by atoms with Crippen molar-refractivity contribution in [1.29, 1.82) is 5.26 Å². The van der Waals surface area contributed by atoms with E-state index in [4.69, 9.17) is 11.0 Å². The summed E-state index contributed by atoms with van der Waals surface area (Å²) in [5.74, 6) is -0.761. The first-order valence-corrected chi connectivity index (χ1v) is 5.43. The van der Waals surface area contributed by atoms with Crippen LogP contribution in [-0.4, -0.2) is 21.5 Å². The van der Waals surface area contributed by atoms with Crippen LogP contribution in [0.4, 0.5) is 0 Å². The van der Waals surface area contributed by atoms with E-state index in [0.29, 0.717) is 16.8 Å². The fraction of sp³-hybridized carbons (Fsp3) is 0.0769. The molecular formula is C13H10N4O2. The smallest absolute Gasteiger partial charge is 0.251 e. The van der Waals surface area contributed by atoms with Gasteiger partial charge < -0.3 is 5.73 Å². The van der Waals surface area contributed by atoms with Crippen LogP contribution in [-0.2, 0) is 0 Å². The quantitative estimate of drug-likeness (QED) is 0.827. The summed E-state index contributed by atoms with van der Waals surface area (Å²) in [6.45, 7) is 1.42. The Morgan fingerprint density at radius 1 is 1.42 bits per heavy atom. The molecule has 6 heteroatoms. The highest BCUT2D eigenvalue weighted by atomic mass is 16.1. The van der Waals surface area contributed by atoms with Gasteiger partial charge in [-0.25, -0.2) is 4.68 Å². The molecule has 0 radical (unpaired) electrons. The van der Waals surface area contributed by atoms with Gasteiger partial charge in [-0.3, -0.25) is 9.59 Å². The van der Waals surface area contributed by atoms with Crippen LogP contribution >= 0.6 is 0 Å². The normalized spacial score (nSPS) is 9.89. The van der Waals surface area contributed by atoms with Crippen LogP contribution in [0.3, 0.4) is 0 Å². The van der Waals surface area contributed by atoms with E-state index >= 15 is 0 Å². The van der Waals surface area contributed by atoms with Gasteiger partial charge in [0.1, 0.15) is 0 Å². The second-order valence-electron chi connectivity index (χ2n) is 3.94. The SMILES string of the molecule is CC(=O)c1ccc(C#N)cc1-n1cc(C(N)=O)cn1. The highest BCUT2D eigenvalue weighted by molar-refractivity contribution is 5.98. The predicted molar refractivity (Wildman–Crippen MR) is 66.8 cm³/mol. The van der Waals surface area contributed by atoms with Crippen LogP contribution < -0.4 is 5.73 Å². The molecule has 1 aromatic heterocycles. The molecule has 19 heavy (non-hydrogen) atoms. The van der Waals surface area contributed by atoms with Crippen molar-refractivity contribution in [2.45, 2.75) is 6.92 Å². The molecule has 6 nitrogen and oxygen atoms in total. The maximum atomic E-state index is 11.6. The second kappa shape index (κ2) is 4.74. The van der Waals surface area contributed by atoms with Gasteiger partial charge in [0.15, 0.2) is 5.78 Å². The van der Waals surface area contributed by atoms with Crippen molar-refractivity contribution in [2.75, 3.05) is 0 Å². The van der Waals surface area contributed by atoms with Crippen LogP contribution in [0.15, 0.2) is 30.6 Å². The number of nitriles is 1. The maximum absolute atomic E-state index is 11.6. The average Bonchev–Trinajstić information content (AvgIpc) is 2.87. The summed E-state index contributed by atoms with van der Waals surface area (Å²) < 4.78 is 1.36. The molecule has 0 aliphatic rings. The topological polar surface area (TPSA) is 102 Å². The number of primary amides is 1. The molecule has 2 N–H and O–H groups in total. The number of hydrogen-bond acceptors (Lipinski definition) is 4. The van der Waals surface area contributed by atoms with E-state index in [-0.39, 0.29) is 11.3 Å². The fourth-order valence-electron chi connectivity index (χ4n) is 1.67. The van der Waals surface area contributed by atoms with Crippen LogP contribution in [0.2, 0.25) is 0 Å². The first-order chi connectivity index (χ1) is 9.02. The van der Waals surface area contributed by atoms with Crippen molar-refractivity contribution in [2.24, 2.45) is 5.73 Å². The Labute approximate surface area is 109 Å². The van der Waals surface area contributed by atoms with Crippen molar-refractivity contribution in [3.8, 4) is 11.8 Å². The Bertz CT molecular complexity index is 710. The second-order valence-corrected chi connectivity index (χ2v) is 3.94. The lowest BCUT2D eigenvalue weighted by molar-refractivity contribution is 0.0996. The molecule has 0 aliphatic carbocycles. The van der Waals surface area contributed by atoms with Gasteiger partial charge in [0, 0.05) is 11.8 Å². The zero-order chi connectivity index (χ0) is 14.0. The minimum absolute atomic E-state index is 0.157. The number of nitrogens with two attached hydrogens (primary N) is 1. The fourth-order valence-corrected chi connectivity index (χ4v) is 1.67. The van der Waals surface area contributed by atoms with Crippen molar-refractivity contribution in [3.63, 3.8) is 0 Å². The van der Waals surface area contributed by atoms with Gasteiger partial charge in [0.25, 0.3) is 5.91 Å². The summed E-state index contributed by atoms with van der Waals surface area (Å²) >= 11 is 0. The highest BCUT2D eigenvalue weighted by Crippen LogP contribution is 2.17. The molecule has 0 spiro atoms. The number of amides is 1. The zero-order valence-corrected chi connectivity index (χ0v) is 10.1. The largest absolute Gasteiger partial charge is 0.366 e. The monoisotopic (exact) mass is 254 g/mol. The number of aromatic nitrogens is 2. The molecule has 1 heterocycles. The van der Waals surface area contributed by atoms with E-state index in [9.17, 15) is 9.59 Å². The molecule has 2 aromatic rings. The Hall–Kier alpha value is -2.94. The first kappa shape index (κ1) is 12.5. The molecular weight excluding hydrogens is 244 g/mol. The third-order valence-electron chi connectivity index (χ3n) is 2.62. The summed E-state index contributed by atoms with van der Waals surface area (Å²) in [6, 6.07) is 6.64. The van der Waals surface area contributed by atoms with Gasteiger partial charge in [0.05, 0.1) is 29.1 Å². The predicted octanol–water partition coefficient (Wildman–Crippen LogP) is 1.05. The molecule has 1 aromatic carbocycles. The van der Waals surface area contributed by atoms with Crippen molar-refractivity contribution in [1.82, 2.24) is 9.78 Å². The first-order valence-electron chi connectivity index (χ1n) is 5.43. The third-order valence-corrected chi connectivity index (χ3v) is 2.62. The number of carbonyl (C=O) groups is 2. The molecule has 1 amide bonds.